The van der Waals surface area contributed by atoms with Crippen LogP contribution in [0.25, 0.3) is 0 Å². The van der Waals surface area contributed by atoms with E-state index in [2.05, 4.69) is 19.2 Å². The van der Waals surface area contributed by atoms with Crippen LogP contribution < -0.4 is 10.1 Å². The Morgan fingerprint density at radius 1 is 1.36 bits per heavy atom. The number of Topliss-reactive ketones (excluding diaryl/α,β-unsaturated/α-hetero) is 1. The zero-order valence-corrected chi connectivity index (χ0v) is 14.7. The normalized spacial score (nSPS) is 10.4. The molecule has 130 valence electrons. The molecule has 1 amide bonds. The largest absolute Gasteiger partial charge is 0.484 e. The van der Waals surface area contributed by atoms with Crippen molar-refractivity contribution in [3.05, 3.63) is 46.7 Å². The standard InChI is InChI=1S/C19H20N2O4/c1-11(2)14-6-5-7-15(8-14)24-10-17(23)21-19-16(9-20)18(12(3)22)13(4)25-19/h5-8,11H,10H2,1-4H3,(H,21,23). The number of nitrogens with zero attached hydrogens (tertiary/aromatic N) is 1. The molecule has 0 fully saturated rings. The zero-order valence-electron chi connectivity index (χ0n) is 14.7. The first-order chi connectivity index (χ1) is 11.8. The average molecular weight is 340 g/mol. The van der Waals surface area contributed by atoms with Gasteiger partial charge in [0.1, 0.15) is 23.1 Å². The third-order valence-corrected chi connectivity index (χ3v) is 3.70. The number of rotatable bonds is 6. The molecule has 1 N–H and O–H groups in total. The summed E-state index contributed by atoms with van der Waals surface area (Å²) in [5, 5.41) is 11.7. The van der Waals surface area contributed by atoms with Crippen LogP contribution in [-0.4, -0.2) is 18.3 Å². The molecule has 6 nitrogen and oxygen atoms in total. The van der Waals surface area contributed by atoms with Crippen molar-refractivity contribution in [1.29, 1.82) is 5.26 Å². The highest BCUT2D eigenvalue weighted by molar-refractivity contribution is 6.01. The topological polar surface area (TPSA) is 92.3 Å². The maximum atomic E-state index is 12.1. The van der Waals surface area contributed by atoms with Gasteiger partial charge in [-0.3, -0.25) is 14.9 Å². The number of aryl methyl sites for hydroxylation is 1. The molecule has 0 aliphatic carbocycles. The van der Waals surface area contributed by atoms with E-state index in [1.807, 2.05) is 24.3 Å². The van der Waals surface area contributed by atoms with E-state index < -0.39 is 5.91 Å². The van der Waals surface area contributed by atoms with Crippen LogP contribution in [0.3, 0.4) is 0 Å². The Morgan fingerprint density at radius 2 is 2.08 bits per heavy atom. The summed E-state index contributed by atoms with van der Waals surface area (Å²) in [5.74, 6) is 0.434. The molecule has 2 aromatic rings. The van der Waals surface area contributed by atoms with Crippen LogP contribution in [-0.2, 0) is 4.79 Å². The summed E-state index contributed by atoms with van der Waals surface area (Å²) >= 11 is 0. The third kappa shape index (κ3) is 4.27. The van der Waals surface area contributed by atoms with Gasteiger partial charge in [-0.25, -0.2) is 0 Å². The lowest BCUT2D eigenvalue weighted by Crippen LogP contribution is -2.20. The van der Waals surface area contributed by atoms with Gasteiger partial charge < -0.3 is 9.15 Å². The Morgan fingerprint density at radius 3 is 2.68 bits per heavy atom. The molecule has 0 spiro atoms. The van der Waals surface area contributed by atoms with E-state index in [9.17, 15) is 14.9 Å². The summed E-state index contributed by atoms with van der Waals surface area (Å²) in [7, 11) is 0. The number of amides is 1. The molecule has 6 heteroatoms. The van der Waals surface area contributed by atoms with Crippen molar-refractivity contribution in [3.8, 4) is 11.8 Å². The number of benzene rings is 1. The summed E-state index contributed by atoms with van der Waals surface area (Å²) in [6.45, 7) is 6.82. The number of nitriles is 1. The Balaban J connectivity index is 2.07. The van der Waals surface area contributed by atoms with Gasteiger partial charge in [0, 0.05) is 0 Å². The quantitative estimate of drug-likeness (QED) is 0.807. The number of furan rings is 1. The van der Waals surface area contributed by atoms with Crippen molar-refractivity contribution in [2.24, 2.45) is 0 Å². The number of nitrogens with one attached hydrogen (secondary N) is 1. The molecule has 0 saturated carbocycles. The van der Waals surface area contributed by atoms with Gasteiger partial charge in [-0.15, -0.1) is 0 Å². The zero-order chi connectivity index (χ0) is 18.6. The molecule has 1 aromatic carbocycles. The van der Waals surface area contributed by atoms with E-state index in [1.165, 1.54) is 6.92 Å². The second-order valence-electron chi connectivity index (χ2n) is 5.97. The minimum absolute atomic E-state index is 0.0279. The summed E-state index contributed by atoms with van der Waals surface area (Å²) < 4.78 is 10.8. The minimum atomic E-state index is -0.477. The Kier molecular flexibility index (Phi) is 5.60. The molecular formula is C19H20N2O4. The first-order valence-corrected chi connectivity index (χ1v) is 7.90. The smallest absolute Gasteiger partial charge is 0.264 e. The molecule has 0 radical (unpaired) electrons. The molecule has 1 heterocycles. The number of hydrogen-bond acceptors (Lipinski definition) is 5. The summed E-state index contributed by atoms with van der Waals surface area (Å²) in [5.41, 5.74) is 1.32. The Bertz CT molecular complexity index is 844. The highest BCUT2D eigenvalue weighted by Gasteiger charge is 2.22. The monoisotopic (exact) mass is 340 g/mol. The van der Waals surface area contributed by atoms with Crippen molar-refractivity contribution < 1.29 is 18.7 Å². The van der Waals surface area contributed by atoms with Crippen molar-refractivity contribution in [2.45, 2.75) is 33.6 Å². The fourth-order valence-corrected chi connectivity index (χ4v) is 2.44. The van der Waals surface area contributed by atoms with Crippen LogP contribution in [0, 0.1) is 18.3 Å². The number of ether oxygens (including phenoxy) is 1. The van der Waals surface area contributed by atoms with E-state index in [0.717, 1.165) is 5.56 Å². The lowest BCUT2D eigenvalue weighted by Gasteiger charge is -2.09. The van der Waals surface area contributed by atoms with Gasteiger partial charge in [0.2, 0.25) is 5.88 Å². The minimum Gasteiger partial charge on any atom is -0.484 e. The van der Waals surface area contributed by atoms with Crippen molar-refractivity contribution in [3.63, 3.8) is 0 Å². The van der Waals surface area contributed by atoms with E-state index in [4.69, 9.17) is 9.15 Å². The SMILES string of the molecule is CC(=O)c1c(C)oc(NC(=O)COc2cccc(C(C)C)c2)c1C#N. The second kappa shape index (κ2) is 7.67. The van der Waals surface area contributed by atoms with Crippen LogP contribution in [0.2, 0.25) is 0 Å². The van der Waals surface area contributed by atoms with Gasteiger partial charge in [-0.1, -0.05) is 26.0 Å². The van der Waals surface area contributed by atoms with Gasteiger partial charge in [-0.05, 0) is 37.5 Å². The molecule has 0 bridgehead atoms. The molecule has 0 saturated heterocycles. The van der Waals surface area contributed by atoms with Gasteiger partial charge in [-0.2, -0.15) is 5.26 Å². The van der Waals surface area contributed by atoms with Crippen LogP contribution in [0.1, 0.15) is 53.9 Å². The van der Waals surface area contributed by atoms with Crippen molar-refractivity contribution in [2.75, 3.05) is 11.9 Å². The fraction of sp³-hybridized carbons (Fsp3) is 0.316. The molecule has 0 unspecified atom stereocenters. The number of ketones is 1. The Labute approximate surface area is 146 Å². The fourth-order valence-electron chi connectivity index (χ4n) is 2.44. The first kappa shape index (κ1) is 18.3. The van der Waals surface area contributed by atoms with Gasteiger partial charge >= 0.3 is 0 Å². The van der Waals surface area contributed by atoms with Crippen LogP contribution in [0.15, 0.2) is 28.7 Å². The summed E-state index contributed by atoms with van der Waals surface area (Å²) in [6.07, 6.45) is 0. The molecule has 1 aromatic heterocycles. The lowest BCUT2D eigenvalue weighted by atomic mass is 10.0. The highest BCUT2D eigenvalue weighted by atomic mass is 16.5. The third-order valence-electron chi connectivity index (χ3n) is 3.70. The second-order valence-corrected chi connectivity index (χ2v) is 5.97. The number of carbonyl (C=O) groups excluding carboxylic acids is 2. The van der Waals surface area contributed by atoms with Gasteiger partial charge in [0.25, 0.3) is 5.91 Å². The predicted octanol–water partition coefficient (Wildman–Crippen LogP) is 3.80. The van der Waals surface area contributed by atoms with Crippen LogP contribution >= 0.6 is 0 Å². The molecule has 2 rings (SSSR count). The van der Waals surface area contributed by atoms with Gasteiger partial charge in [0.05, 0.1) is 5.56 Å². The first-order valence-electron chi connectivity index (χ1n) is 7.90. The highest BCUT2D eigenvalue weighted by Crippen LogP contribution is 2.27. The maximum Gasteiger partial charge on any atom is 0.264 e. The van der Waals surface area contributed by atoms with E-state index >= 15 is 0 Å². The molecular weight excluding hydrogens is 320 g/mol. The van der Waals surface area contributed by atoms with Crippen molar-refractivity contribution >= 4 is 17.6 Å². The number of anilines is 1. The Hall–Kier alpha value is -3.07. The number of hydrogen-bond donors (Lipinski definition) is 1. The van der Waals surface area contributed by atoms with Crippen LogP contribution in [0.4, 0.5) is 5.88 Å². The van der Waals surface area contributed by atoms with Gasteiger partial charge in [0.15, 0.2) is 12.4 Å². The molecule has 0 aliphatic rings. The predicted molar refractivity (Wildman–Crippen MR) is 92.8 cm³/mol. The van der Waals surface area contributed by atoms with E-state index in [1.54, 1.807) is 13.0 Å². The molecule has 25 heavy (non-hydrogen) atoms. The number of carbonyl (C=O) groups is 2. The lowest BCUT2D eigenvalue weighted by molar-refractivity contribution is -0.118. The maximum absolute atomic E-state index is 12.1. The van der Waals surface area contributed by atoms with E-state index in [-0.39, 0.29) is 29.4 Å². The van der Waals surface area contributed by atoms with Crippen LogP contribution in [0.5, 0.6) is 5.75 Å². The van der Waals surface area contributed by atoms with Crippen molar-refractivity contribution in [1.82, 2.24) is 0 Å². The summed E-state index contributed by atoms with van der Waals surface area (Å²) in [4.78, 5) is 23.7. The summed E-state index contributed by atoms with van der Waals surface area (Å²) in [6, 6.07) is 9.40. The molecule has 0 atom stereocenters. The molecule has 0 aliphatic heterocycles. The average Bonchev–Trinajstić information content (AvgIpc) is 2.88. The van der Waals surface area contributed by atoms with E-state index in [0.29, 0.717) is 17.4 Å².